The molecule has 4 rings (SSSR count). The SMILES string of the molecule is O=C(CN(Cc1ccccc1)S(=O)(=O)c1ccc(Cl)cc1)N/N=C/c1ccc(OCC(=O)Nc2cccc(Cl)c2)cc1. The van der Waals surface area contributed by atoms with Gasteiger partial charge < -0.3 is 10.1 Å². The lowest BCUT2D eigenvalue weighted by Gasteiger charge is -2.21. The van der Waals surface area contributed by atoms with Crippen molar-refractivity contribution >= 4 is 56.9 Å². The van der Waals surface area contributed by atoms with E-state index in [2.05, 4.69) is 15.8 Å². The van der Waals surface area contributed by atoms with Crippen LogP contribution in [0.4, 0.5) is 5.69 Å². The first-order chi connectivity index (χ1) is 20.2. The van der Waals surface area contributed by atoms with Crippen molar-refractivity contribution in [1.82, 2.24) is 9.73 Å². The molecule has 4 aromatic rings. The van der Waals surface area contributed by atoms with Gasteiger partial charge in [-0.2, -0.15) is 9.41 Å². The summed E-state index contributed by atoms with van der Waals surface area (Å²) in [7, 11) is -4.01. The number of anilines is 1. The third-order valence-corrected chi connectivity index (χ3v) is 8.03. The lowest BCUT2D eigenvalue weighted by atomic mass is 10.2. The second kappa shape index (κ2) is 14.6. The number of carbonyl (C=O) groups excluding carboxylic acids is 2. The zero-order valence-corrected chi connectivity index (χ0v) is 24.4. The van der Waals surface area contributed by atoms with Crippen molar-refractivity contribution in [2.75, 3.05) is 18.5 Å². The van der Waals surface area contributed by atoms with E-state index in [1.165, 1.54) is 30.5 Å². The van der Waals surface area contributed by atoms with Crippen LogP contribution in [-0.4, -0.2) is 43.9 Å². The second-order valence-corrected chi connectivity index (χ2v) is 11.7. The Hall–Kier alpha value is -4.22. The van der Waals surface area contributed by atoms with Crippen molar-refractivity contribution in [3.63, 3.8) is 0 Å². The highest BCUT2D eigenvalue weighted by atomic mass is 35.5. The monoisotopic (exact) mass is 624 g/mol. The van der Waals surface area contributed by atoms with Gasteiger partial charge in [0.05, 0.1) is 17.7 Å². The van der Waals surface area contributed by atoms with Gasteiger partial charge in [-0.25, -0.2) is 13.8 Å². The summed E-state index contributed by atoms with van der Waals surface area (Å²) in [6.07, 6.45) is 1.41. The minimum atomic E-state index is -4.01. The minimum absolute atomic E-state index is 0.0124. The van der Waals surface area contributed by atoms with E-state index in [1.807, 2.05) is 6.07 Å². The van der Waals surface area contributed by atoms with Crippen LogP contribution in [0.15, 0.2) is 113 Å². The number of amides is 2. The zero-order valence-electron chi connectivity index (χ0n) is 22.1. The van der Waals surface area contributed by atoms with Gasteiger partial charge >= 0.3 is 0 Å². The average Bonchev–Trinajstić information content (AvgIpc) is 2.97. The highest BCUT2D eigenvalue weighted by Crippen LogP contribution is 2.21. The molecule has 0 saturated carbocycles. The molecule has 42 heavy (non-hydrogen) atoms. The predicted octanol–water partition coefficient (Wildman–Crippen LogP) is 5.35. The average molecular weight is 626 g/mol. The van der Waals surface area contributed by atoms with Gasteiger partial charge in [0.1, 0.15) is 5.75 Å². The molecule has 216 valence electrons. The molecular weight excluding hydrogens is 599 g/mol. The first kappa shape index (κ1) is 30.7. The molecule has 12 heteroatoms. The Morgan fingerprint density at radius 2 is 1.55 bits per heavy atom. The van der Waals surface area contributed by atoms with E-state index >= 15 is 0 Å². The Balaban J connectivity index is 1.32. The summed E-state index contributed by atoms with van der Waals surface area (Å²) in [4.78, 5) is 24.8. The molecule has 0 bridgehead atoms. The van der Waals surface area contributed by atoms with Gasteiger partial charge in [0.25, 0.3) is 11.8 Å². The summed E-state index contributed by atoms with van der Waals surface area (Å²) in [5.41, 5.74) is 4.29. The maximum atomic E-state index is 13.3. The van der Waals surface area contributed by atoms with E-state index in [0.29, 0.717) is 27.0 Å². The van der Waals surface area contributed by atoms with Gasteiger partial charge in [-0.1, -0.05) is 59.6 Å². The van der Waals surface area contributed by atoms with E-state index in [1.54, 1.807) is 72.8 Å². The maximum absolute atomic E-state index is 13.3. The van der Waals surface area contributed by atoms with E-state index in [4.69, 9.17) is 27.9 Å². The molecule has 0 aliphatic carbocycles. The van der Waals surface area contributed by atoms with Crippen LogP contribution in [-0.2, 0) is 26.2 Å². The lowest BCUT2D eigenvalue weighted by Crippen LogP contribution is -2.39. The first-order valence-electron chi connectivity index (χ1n) is 12.6. The molecule has 0 aliphatic heterocycles. The molecule has 0 heterocycles. The van der Waals surface area contributed by atoms with Crippen molar-refractivity contribution in [3.05, 3.63) is 124 Å². The molecule has 0 fully saturated rings. The molecule has 0 spiro atoms. The molecule has 2 N–H and O–H groups in total. The number of nitrogens with one attached hydrogen (secondary N) is 2. The number of hydrogen-bond donors (Lipinski definition) is 2. The summed E-state index contributed by atoms with van der Waals surface area (Å²) in [5, 5.41) is 7.55. The number of halogens is 2. The first-order valence-corrected chi connectivity index (χ1v) is 14.8. The van der Waals surface area contributed by atoms with E-state index in [-0.39, 0.29) is 24.0 Å². The van der Waals surface area contributed by atoms with Gasteiger partial charge in [0.15, 0.2) is 6.61 Å². The Morgan fingerprint density at radius 3 is 2.24 bits per heavy atom. The molecular formula is C30H26Cl2N4O5S. The smallest absolute Gasteiger partial charge is 0.262 e. The number of hydrogen-bond acceptors (Lipinski definition) is 6. The Morgan fingerprint density at radius 1 is 0.833 bits per heavy atom. The highest BCUT2D eigenvalue weighted by Gasteiger charge is 2.27. The van der Waals surface area contributed by atoms with Crippen LogP contribution < -0.4 is 15.5 Å². The molecule has 0 unspecified atom stereocenters. The molecule has 4 aromatic carbocycles. The number of nitrogens with zero attached hydrogens (tertiary/aromatic N) is 2. The van der Waals surface area contributed by atoms with Crippen LogP contribution in [0.3, 0.4) is 0 Å². The zero-order chi connectivity index (χ0) is 30.0. The summed E-state index contributed by atoms with van der Waals surface area (Å²) in [6.45, 7) is -0.669. The van der Waals surface area contributed by atoms with Crippen molar-refractivity contribution in [3.8, 4) is 5.75 Å². The van der Waals surface area contributed by atoms with Gasteiger partial charge in [0, 0.05) is 22.3 Å². The summed E-state index contributed by atoms with van der Waals surface area (Å²) < 4.78 is 33.2. The second-order valence-electron chi connectivity index (χ2n) is 8.92. The largest absolute Gasteiger partial charge is 0.484 e. The van der Waals surface area contributed by atoms with E-state index in [0.717, 1.165) is 9.87 Å². The van der Waals surface area contributed by atoms with Gasteiger partial charge in [0.2, 0.25) is 10.0 Å². The fourth-order valence-corrected chi connectivity index (χ4v) is 5.41. The quantitative estimate of drug-likeness (QED) is 0.163. The summed E-state index contributed by atoms with van der Waals surface area (Å²) in [6, 6.07) is 28.2. The fourth-order valence-electron chi connectivity index (χ4n) is 3.71. The van der Waals surface area contributed by atoms with E-state index < -0.39 is 22.5 Å². The molecule has 0 aromatic heterocycles. The number of carbonyl (C=O) groups is 2. The molecule has 0 saturated heterocycles. The Labute approximate surface area is 253 Å². The molecule has 0 aliphatic rings. The van der Waals surface area contributed by atoms with Gasteiger partial charge in [-0.15, -0.1) is 0 Å². The van der Waals surface area contributed by atoms with Crippen LogP contribution in [0.5, 0.6) is 5.75 Å². The molecule has 9 nitrogen and oxygen atoms in total. The van der Waals surface area contributed by atoms with Crippen molar-refractivity contribution in [1.29, 1.82) is 0 Å². The van der Waals surface area contributed by atoms with Crippen LogP contribution >= 0.6 is 23.2 Å². The van der Waals surface area contributed by atoms with Gasteiger partial charge in [-0.3, -0.25) is 9.59 Å². The van der Waals surface area contributed by atoms with Crippen molar-refractivity contribution in [2.45, 2.75) is 11.4 Å². The maximum Gasteiger partial charge on any atom is 0.262 e. The molecule has 2 amide bonds. The van der Waals surface area contributed by atoms with Crippen LogP contribution in [0, 0.1) is 0 Å². The predicted molar refractivity (Wildman–Crippen MR) is 163 cm³/mol. The summed E-state index contributed by atoms with van der Waals surface area (Å²) in [5.74, 6) is -0.503. The lowest BCUT2D eigenvalue weighted by molar-refractivity contribution is -0.121. The Kier molecular flexibility index (Phi) is 10.7. The number of sulfonamides is 1. The number of rotatable bonds is 12. The van der Waals surface area contributed by atoms with E-state index in [9.17, 15) is 18.0 Å². The highest BCUT2D eigenvalue weighted by molar-refractivity contribution is 7.89. The Bertz CT molecular complexity index is 1650. The fraction of sp³-hybridized carbons (Fsp3) is 0.100. The molecule has 0 atom stereocenters. The number of ether oxygens (including phenoxy) is 1. The van der Waals surface area contributed by atoms with Crippen molar-refractivity contribution < 1.29 is 22.7 Å². The minimum Gasteiger partial charge on any atom is -0.484 e. The summed E-state index contributed by atoms with van der Waals surface area (Å²) >= 11 is 11.8. The number of hydrazone groups is 1. The van der Waals surface area contributed by atoms with Crippen LogP contribution in [0.1, 0.15) is 11.1 Å². The normalized spacial score (nSPS) is 11.4. The van der Waals surface area contributed by atoms with Crippen molar-refractivity contribution in [2.24, 2.45) is 5.10 Å². The third-order valence-electron chi connectivity index (χ3n) is 5.73. The molecule has 0 radical (unpaired) electrons. The topological polar surface area (TPSA) is 117 Å². The number of benzene rings is 4. The van der Waals surface area contributed by atoms with Crippen LogP contribution in [0.25, 0.3) is 0 Å². The third kappa shape index (κ3) is 9.15. The van der Waals surface area contributed by atoms with Gasteiger partial charge in [-0.05, 0) is 77.9 Å². The van der Waals surface area contributed by atoms with Crippen LogP contribution in [0.2, 0.25) is 10.0 Å². The standard InChI is InChI=1S/C30H26Cl2N4O5S/c31-24-11-15-28(16-12-24)42(39,40)36(19-23-5-2-1-3-6-23)20-29(37)35-33-18-22-9-13-27(14-10-22)41-21-30(38)34-26-8-4-7-25(32)17-26/h1-18H,19-21H2,(H,34,38)(H,35,37)/b33-18+.